The number of unbranched alkanes of at least 4 members (excludes halogenated alkanes) is 4. The van der Waals surface area contributed by atoms with Gasteiger partial charge in [-0.25, -0.2) is 29.1 Å². The van der Waals surface area contributed by atoms with Gasteiger partial charge in [0.1, 0.15) is 22.3 Å². The van der Waals surface area contributed by atoms with E-state index in [0.717, 1.165) is 25.7 Å². The van der Waals surface area contributed by atoms with Gasteiger partial charge in [0.15, 0.2) is 0 Å². The molecule has 0 amide bonds. The molecule has 12 nitrogen and oxygen atoms in total. The van der Waals surface area contributed by atoms with Crippen LogP contribution in [0.3, 0.4) is 0 Å². The van der Waals surface area contributed by atoms with Crippen molar-refractivity contribution in [2.24, 2.45) is 0 Å². The van der Waals surface area contributed by atoms with Crippen LogP contribution in [-0.2, 0) is 18.9 Å². The first-order valence-corrected chi connectivity index (χ1v) is 18.2. The number of carbonyl (C=O) groups is 4. The fourth-order valence-electron chi connectivity index (χ4n) is 5.59. The maximum absolute atomic E-state index is 13.7. The first-order valence-electron chi connectivity index (χ1n) is 18.2. The zero-order valence-electron chi connectivity index (χ0n) is 30.3. The number of rotatable bonds is 16. The Hall–Kier alpha value is -5.52. The molecule has 12 heteroatoms. The van der Waals surface area contributed by atoms with Gasteiger partial charge in [-0.3, -0.25) is 0 Å². The van der Waals surface area contributed by atoms with E-state index in [4.69, 9.17) is 28.9 Å². The molecule has 0 radical (unpaired) electrons. The quantitative estimate of drug-likeness (QED) is 0.0577. The molecule has 2 aliphatic heterocycles. The predicted octanol–water partition coefficient (Wildman–Crippen LogP) is 8.48. The van der Waals surface area contributed by atoms with E-state index in [9.17, 15) is 19.2 Å². The molecule has 8 bridgehead atoms. The van der Waals surface area contributed by atoms with Gasteiger partial charge < -0.3 is 28.9 Å². The van der Waals surface area contributed by atoms with Crippen LogP contribution in [0.1, 0.15) is 143 Å². The normalized spacial score (nSPS) is 11.8. The highest BCUT2D eigenvalue weighted by Gasteiger charge is 2.26. The second-order valence-electron chi connectivity index (χ2n) is 12.5. The van der Waals surface area contributed by atoms with Crippen molar-refractivity contribution in [2.75, 3.05) is 26.4 Å². The highest BCUT2D eigenvalue weighted by atomic mass is 16.5. The average Bonchev–Trinajstić information content (AvgIpc) is 3.96. The topological polar surface area (TPSA) is 163 Å². The van der Waals surface area contributed by atoms with Crippen molar-refractivity contribution in [3.63, 3.8) is 0 Å². The van der Waals surface area contributed by atoms with Crippen molar-refractivity contribution in [1.82, 2.24) is 19.9 Å². The summed E-state index contributed by atoms with van der Waals surface area (Å²) in [6.45, 7) is 8.79. The lowest BCUT2D eigenvalue weighted by Crippen LogP contribution is -2.11. The second-order valence-corrected chi connectivity index (χ2v) is 12.5. The Morgan fingerprint density at radius 2 is 0.712 bits per heavy atom. The van der Waals surface area contributed by atoms with Crippen molar-refractivity contribution < 1.29 is 38.1 Å². The molecule has 2 N–H and O–H groups in total. The number of carbonyl (C=O) groups excluding carboxylic acids is 4. The lowest BCUT2D eigenvalue weighted by molar-refractivity contribution is 0.0490. The summed E-state index contributed by atoms with van der Waals surface area (Å²) in [5.74, 6) is -2.49. The molecule has 52 heavy (non-hydrogen) atoms. The molecule has 3 aromatic rings. The van der Waals surface area contributed by atoms with Gasteiger partial charge in [0.25, 0.3) is 0 Å². The van der Waals surface area contributed by atoms with Gasteiger partial charge in [-0.1, -0.05) is 53.4 Å². The minimum Gasteiger partial charge on any atom is -0.462 e. The molecule has 274 valence electrons. The summed E-state index contributed by atoms with van der Waals surface area (Å²) in [5.41, 5.74) is 2.78. The molecule has 0 spiro atoms. The minimum atomic E-state index is -0.645. The predicted molar refractivity (Wildman–Crippen MR) is 200 cm³/mol. The lowest BCUT2D eigenvalue weighted by Gasteiger charge is -2.07. The maximum Gasteiger partial charge on any atom is 0.342 e. The number of nitrogens with zero attached hydrogens (tertiary/aromatic N) is 2. The van der Waals surface area contributed by atoms with Gasteiger partial charge in [-0.05, 0) is 74.3 Å². The molecular formula is C40H46N4O8. The standard InChI is InChI=1S/C40H46N4O8/c1-5-9-21-49-37(45)33-25-13-15-27(41-25)34(38(46)50-22-10-6-2)29-17-19-31(43-29)36(40(48)52-24-12-8-4)32-20-18-30(44-32)35(28-16-14-26(33)42-28)39(47)51-23-11-7-3/h13-20,41-42H,5-12,21-24H2,1-4H3. The number of ether oxygens (including phenoxy) is 4. The van der Waals surface area contributed by atoms with Gasteiger partial charge >= 0.3 is 23.9 Å². The van der Waals surface area contributed by atoms with E-state index in [1.54, 1.807) is 48.6 Å². The van der Waals surface area contributed by atoms with E-state index in [-0.39, 0.29) is 71.5 Å². The number of hydrogen-bond donors (Lipinski definition) is 2. The summed E-state index contributed by atoms with van der Waals surface area (Å²) >= 11 is 0. The molecular weight excluding hydrogens is 664 g/mol. The number of nitrogens with one attached hydrogen (secondary N) is 2. The van der Waals surface area contributed by atoms with Crippen LogP contribution in [0, 0.1) is 0 Å². The molecule has 5 heterocycles. The highest BCUT2D eigenvalue weighted by Crippen LogP contribution is 2.29. The van der Waals surface area contributed by atoms with Gasteiger partial charge in [-0.2, -0.15) is 0 Å². The number of fused-ring (bicyclic) bond motifs is 8. The highest BCUT2D eigenvalue weighted by molar-refractivity contribution is 6.08. The first kappa shape index (κ1) is 37.7. The Bertz CT molecular complexity index is 1920. The number of aromatic amines is 2. The first-order chi connectivity index (χ1) is 25.3. The van der Waals surface area contributed by atoms with Crippen molar-refractivity contribution in [3.05, 3.63) is 69.3 Å². The van der Waals surface area contributed by atoms with Crippen molar-refractivity contribution in [3.8, 4) is 0 Å². The van der Waals surface area contributed by atoms with Gasteiger partial charge in [-0.15, -0.1) is 0 Å². The number of aromatic nitrogens is 4. The molecule has 0 saturated carbocycles. The average molecular weight is 711 g/mol. The van der Waals surface area contributed by atoms with E-state index < -0.39 is 23.9 Å². The van der Waals surface area contributed by atoms with E-state index in [1.807, 2.05) is 27.7 Å². The number of H-pyrrole nitrogens is 2. The van der Waals surface area contributed by atoms with Crippen LogP contribution >= 0.6 is 0 Å². The largest absolute Gasteiger partial charge is 0.462 e. The Kier molecular flexibility index (Phi) is 13.1. The molecule has 0 unspecified atom stereocenters. The zero-order valence-corrected chi connectivity index (χ0v) is 30.3. The van der Waals surface area contributed by atoms with Crippen LogP contribution in [0.2, 0.25) is 0 Å². The molecule has 3 aromatic heterocycles. The van der Waals surface area contributed by atoms with Crippen LogP contribution in [0.25, 0.3) is 46.4 Å². The minimum absolute atomic E-state index is 0.0721. The van der Waals surface area contributed by atoms with Gasteiger partial charge in [0.05, 0.1) is 71.3 Å². The van der Waals surface area contributed by atoms with E-state index >= 15 is 0 Å². The van der Waals surface area contributed by atoms with Crippen LogP contribution in [-0.4, -0.2) is 70.2 Å². The molecule has 0 atom stereocenters. The second kappa shape index (κ2) is 18.1. The van der Waals surface area contributed by atoms with Crippen LogP contribution in [0.5, 0.6) is 0 Å². The number of hydrogen-bond acceptors (Lipinski definition) is 10. The zero-order chi connectivity index (χ0) is 37.0. The van der Waals surface area contributed by atoms with E-state index in [2.05, 4.69) is 9.97 Å². The number of esters is 4. The summed E-state index contributed by atoms with van der Waals surface area (Å²) < 4.78 is 22.6. The van der Waals surface area contributed by atoms with Crippen molar-refractivity contribution in [1.29, 1.82) is 0 Å². The molecule has 5 rings (SSSR count). The Balaban J connectivity index is 1.88. The smallest absolute Gasteiger partial charge is 0.342 e. The molecule has 0 aromatic carbocycles. The third-order valence-electron chi connectivity index (χ3n) is 8.49. The van der Waals surface area contributed by atoms with Crippen molar-refractivity contribution in [2.45, 2.75) is 79.1 Å². The fraction of sp³-hybridized carbons (Fsp3) is 0.400. The SMILES string of the molecule is CCCCOC(=O)c1c2nc(c(C(=O)OCCCC)c3ccc([nH]3)c(C(=O)OCCCC)c3ccc([nH]3)c(C(=O)OCCCC)c3nc1C=C3)C=C2. The monoisotopic (exact) mass is 710 g/mol. The molecule has 0 fully saturated rings. The lowest BCUT2D eigenvalue weighted by atomic mass is 10.1. The third kappa shape index (κ3) is 8.67. The summed E-state index contributed by atoms with van der Waals surface area (Å²) in [4.78, 5) is 70.8. The van der Waals surface area contributed by atoms with E-state index in [1.165, 1.54) is 0 Å². The third-order valence-corrected chi connectivity index (χ3v) is 8.49. The molecule has 0 aliphatic carbocycles. The van der Waals surface area contributed by atoms with Crippen LogP contribution in [0.4, 0.5) is 0 Å². The molecule has 0 saturated heterocycles. The van der Waals surface area contributed by atoms with Gasteiger partial charge in [0, 0.05) is 0 Å². The summed E-state index contributed by atoms with van der Waals surface area (Å²) in [5, 5.41) is 0. The maximum atomic E-state index is 13.7. The van der Waals surface area contributed by atoms with Gasteiger partial charge in [0.2, 0.25) is 0 Å². The summed E-state index contributed by atoms with van der Waals surface area (Å²) in [7, 11) is 0. The van der Waals surface area contributed by atoms with E-state index in [0.29, 0.717) is 47.8 Å². The van der Waals surface area contributed by atoms with Crippen molar-refractivity contribution >= 4 is 70.2 Å². The fourth-order valence-corrected chi connectivity index (χ4v) is 5.59. The Labute approximate surface area is 302 Å². The van der Waals surface area contributed by atoms with Crippen LogP contribution in [0.15, 0.2) is 24.3 Å². The summed E-state index contributed by atoms with van der Waals surface area (Å²) in [6, 6.07) is 6.67. The summed E-state index contributed by atoms with van der Waals surface area (Å²) in [6.07, 6.45) is 12.5. The van der Waals surface area contributed by atoms with Crippen LogP contribution < -0.4 is 0 Å². The molecule has 2 aliphatic rings. The Morgan fingerprint density at radius 3 is 1.04 bits per heavy atom. The Morgan fingerprint density at radius 1 is 0.442 bits per heavy atom.